The molecule has 0 fully saturated rings. The fraction of sp³-hybridized carbons (Fsp3) is 0.591. The van der Waals surface area contributed by atoms with Crippen molar-refractivity contribution in [3.63, 3.8) is 0 Å². The van der Waals surface area contributed by atoms with Crippen molar-refractivity contribution >= 4 is 44.5 Å². The number of hydrogen-bond acceptors (Lipinski definition) is 7. The van der Waals surface area contributed by atoms with Crippen LogP contribution in [0.3, 0.4) is 0 Å². The predicted molar refractivity (Wildman–Crippen MR) is 138 cm³/mol. The molecule has 0 saturated carbocycles. The second-order valence-electron chi connectivity index (χ2n) is 7.28. The van der Waals surface area contributed by atoms with Gasteiger partial charge in [-0.2, -0.15) is 0 Å². The van der Waals surface area contributed by atoms with Gasteiger partial charge in [0.1, 0.15) is 17.9 Å². The summed E-state index contributed by atoms with van der Waals surface area (Å²) in [6.07, 6.45) is 4.40. The van der Waals surface area contributed by atoms with E-state index in [-0.39, 0.29) is 5.97 Å². The van der Waals surface area contributed by atoms with Crippen LogP contribution in [0.15, 0.2) is 11.6 Å². The molecule has 0 saturated heterocycles. The molecule has 1 aromatic carbocycles. The van der Waals surface area contributed by atoms with Gasteiger partial charge in [-0.15, -0.1) is 0 Å². The molecule has 0 amide bonds. The molecule has 0 aliphatic carbocycles. The van der Waals surface area contributed by atoms with Gasteiger partial charge < -0.3 is 24.2 Å². The van der Waals surface area contributed by atoms with E-state index in [0.717, 1.165) is 35.4 Å². The molecule has 6 nitrogen and oxygen atoms in total. The highest BCUT2D eigenvalue weighted by atomic mass is 127. The first-order chi connectivity index (χ1) is 14.9. The Bertz CT molecular complexity index is 790. The van der Waals surface area contributed by atoms with Crippen LogP contribution in [0.5, 0.6) is 5.75 Å². The number of carbonyl (C=O) groups is 1. The van der Waals surface area contributed by atoms with Crippen LogP contribution >= 0.6 is 38.5 Å². The molecule has 0 spiro atoms. The maximum Gasteiger partial charge on any atom is 0.342 e. The van der Waals surface area contributed by atoms with Gasteiger partial charge in [-0.1, -0.05) is 27.5 Å². The maximum atomic E-state index is 12.5. The topological polar surface area (TPSA) is 77.0 Å². The Kier molecular flexibility index (Phi) is 12.1. The molecule has 1 aromatic rings. The fourth-order valence-electron chi connectivity index (χ4n) is 3.68. The van der Waals surface area contributed by atoms with E-state index >= 15 is 0 Å². The number of rotatable bonds is 14. The van der Waals surface area contributed by atoms with Crippen LogP contribution < -0.4 is 10.1 Å². The Labute approximate surface area is 203 Å². The second kappa shape index (κ2) is 14.0. The van der Waals surface area contributed by atoms with Gasteiger partial charge in [0.2, 0.25) is 0 Å². The van der Waals surface area contributed by atoms with Gasteiger partial charge in [0.05, 0.1) is 13.2 Å². The van der Waals surface area contributed by atoms with Crippen LogP contribution in [-0.2, 0) is 28.7 Å². The van der Waals surface area contributed by atoms with Crippen LogP contribution in [0.1, 0.15) is 53.4 Å². The van der Waals surface area contributed by atoms with Crippen LogP contribution in [0.4, 0.5) is 0 Å². The number of cyclic esters (lactones) is 1. The van der Waals surface area contributed by atoms with E-state index in [0.29, 0.717) is 50.3 Å². The first-order valence-electron chi connectivity index (χ1n) is 10.6. The summed E-state index contributed by atoms with van der Waals surface area (Å²) >= 11 is 2.26. The average molecular weight is 581 g/mol. The Morgan fingerprint density at radius 1 is 1.39 bits per heavy atom. The van der Waals surface area contributed by atoms with E-state index in [1.165, 1.54) is 11.1 Å². The predicted octanol–water partition coefficient (Wildman–Crippen LogP) is 5.11. The van der Waals surface area contributed by atoms with Crippen molar-refractivity contribution in [2.24, 2.45) is 0 Å². The molecule has 1 heterocycles. The lowest BCUT2D eigenvalue weighted by molar-refractivity contribution is 0.0532. The van der Waals surface area contributed by atoms with Crippen LogP contribution in [0.25, 0.3) is 0 Å². The minimum atomic E-state index is -1.33. The minimum Gasteiger partial charge on any atom is -0.491 e. The zero-order chi connectivity index (χ0) is 22.8. The lowest BCUT2D eigenvalue weighted by atomic mass is 9.89. The Morgan fingerprint density at radius 3 is 2.84 bits per heavy atom. The molecule has 2 N–H and O–H groups in total. The van der Waals surface area contributed by atoms with Gasteiger partial charge in [0.15, 0.2) is 8.38 Å². The third-order valence-corrected chi connectivity index (χ3v) is 8.01. The highest BCUT2D eigenvalue weighted by molar-refractivity contribution is 14.2. The number of fused-ring (bicyclic) bond motifs is 1. The van der Waals surface area contributed by atoms with Crippen molar-refractivity contribution < 1.29 is 23.7 Å². The molecule has 1 aliphatic heterocycles. The number of ether oxygens (including phenoxy) is 2. The molecular weight excluding hydrogens is 548 g/mol. The van der Waals surface area contributed by atoms with Crippen LogP contribution in [-0.4, -0.2) is 49.1 Å². The second-order valence-corrected chi connectivity index (χ2v) is 11.2. The molecule has 31 heavy (non-hydrogen) atoms. The Morgan fingerprint density at radius 2 is 2.16 bits per heavy atom. The van der Waals surface area contributed by atoms with E-state index in [9.17, 15) is 9.69 Å². The number of esters is 1. The molecule has 2 rings (SSSR count). The molecule has 0 radical (unpaired) electrons. The number of hydrogen-bond donors (Lipinski definition) is 2. The molecule has 1 aliphatic rings. The zero-order valence-electron chi connectivity index (χ0n) is 18.8. The first-order valence-corrected chi connectivity index (χ1v) is 15.5. The van der Waals surface area contributed by atoms with Gasteiger partial charge in [-0.05, 0) is 65.9 Å². The Hall–Kier alpha value is -0.380. The third kappa shape index (κ3) is 7.57. The lowest BCUT2D eigenvalue weighted by Gasteiger charge is -2.20. The summed E-state index contributed by atoms with van der Waals surface area (Å²) in [4.78, 5) is 22.2. The number of benzene rings is 1. The van der Waals surface area contributed by atoms with Crippen LogP contribution in [0, 0.1) is 6.92 Å². The largest absolute Gasteiger partial charge is 0.491 e. The summed E-state index contributed by atoms with van der Waals surface area (Å²) in [7, 11) is 0.362. The average Bonchev–Trinajstić information content (AvgIpc) is 3.13. The van der Waals surface area contributed by atoms with Gasteiger partial charge in [0, 0.05) is 36.1 Å². The van der Waals surface area contributed by atoms with Crippen LogP contribution in [0.2, 0.25) is 0 Å². The quantitative estimate of drug-likeness (QED) is 0.104. The standard InChI is InChI=1S/C22H33INO5PS/c1-5-17-16(4)19-14-28-22(25)20(19)21(27-10-12-31-23)18(17)8-7-15(3)13-24-9-11-30(26)29-6-2/h7,24,26H,5-6,8-14H2,1-4H3/b15-7+. The van der Waals surface area contributed by atoms with Crippen molar-refractivity contribution in [1.82, 2.24) is 5.32 Å². The minimum absolute atomic E-state index is 0.281. The highest BCUT2D eigenvalue weighted by Crippen LogP contribution is 2.39. The molecule has 0 aromatic heterocycles. The van der Waals surface area contributed by atoms with E-state index < -0.39 is 8.38 Å². The molecule has 9 heteroatoms. The van der Waals surface area contributed by atoms with Crippen molar-refractivity contribution in [2.75, 3.05) is 38.2 Å². The Balaban J connectivity index is 2.18. The SMILES string of the molecule is CCOP(O)CCNC/C(C)=C/Cc1c(CC)c(C)c2c(c1OCCSI)C(=O)OC2. The smallest absolute Gasteiger partial charge is 0.342 e. The maximum absolute atomic E-state index is 12.5. The van der Waals surface area contributed by atoms with E-state index in [2.05, 4.69) is 53.4 Å². The van der Waals surface area contributed by atoms with Gasteiger partial charge in [-0.3, -0.25) is 0 Å². The zero-order valence-corrected chi connectivity index (χ0v) is 22.6. The molecule has 0 bridgehead atoms. The van der Waals surface area contributed by atoms with Crippen molar-refractivity contribution in [3.8, 4) is 5.75 Å². The summed E-state index contributed by atoms with van der Waals surface area (Å²) < 4.78 is 16.7. The fourth-order valence-corrected chi connectivity index (χ4v) is 5.14. The lowest BCUT2D eigenvalue weighted by Crippen LogP contribution is -2.20. The summed E-state index contributed by atoms with van der Waals surface area (Å²) in [6.45, 7) is 11.1. The van der Waals surface area contributed by atoms with E-state index in [1.54, 1.807) is 8.93 Å². The number of nitrogens with one attached hydrogen (secondary N) is 1. The molecular formula is C22H33INO5PS. The summed E-state index contributed by atoms with van der Waals surface area (Å²) in [5.74, 6) is 1.27. The molecule has 1 atom stereocenters. The molecule has 1 unspecified atom stereocenters. The summed E-state index contributed by atoms with van der Waals surface area (Å²) in [5.41, 5.74) is 6.26. The van der Waals surface area contributed by atoms with Crippen molar-refractivity contribution in [1.29, 1.82) is 0 Å². The number of allylic oxidation sites excluding steroid dienone is 1. The summed E-state index contributed by atoms with van der Waals surface area (Å²) in [6, 6.07) is 0. The number of carbonyl (C=O) groups excluding carboxylic acids is 1. The van der Waals surface area contributed by atoms with Crippen molar-refractivity contribution in [2.45, 2.75) is 47.1 Å². The summed E-state index contributed by atoms with van der Waals surface area (Å²) in [5, 5.41) is 3.35. The van der Waals surface area contributed by atoms with E-state index in [4.69, 9.17) is 14.0 Å². The van der Waals surface area contributed by atoms with Gasteiger partial charge >= 0.3 is 5.97 Å². The van der Waals surface area contributed by atoms with Crippen molar-refractivity contribution in [3.05, 3.63) is 39.5 Å². The first kappa shape index (κ1) is 26.9. The molecule has 174 valence electrons. The van der Waals surface area contributed by atoms with E-state index in [1.807, 2.05) is 6.92 Å². The van der Waals surface area contributed by atoms with Gasteiger partial charge in [-0.25, -0.2) is 4.79 Å². The third-order valence-electron chi connectivity index (χ3n) is 5.20. The normalized spacial score (nSPS) is 14.5. The van der Waals surface area contributed by atoms with Gasteiger partial charge in [0.25, 0.3) is 0 Å². The monoisotopic (exact) mass is 581 g/mol. The number of halogens is 1. The highest BCUT2D eigenvalue weighted by Gasteiger charge is 2.32.